The second-order valence-corrected chi connectivity index (χ2v) is 8.97. The minimum Gasteiger partial charge on any atom is -0.462 e. The van der Waals surface area contributed by atoms with Crippen LogP contribution in [0, 0.1) is 23.1 Å². The van der Waals surface area contributed by atoms with E-state index in [1.165, 1.54) is 12.1 Å². The largest absolute Gasteiger partial charge is 0.462 e. The zero-order valence-corrected chi connectivity index (χ0v) is 17.7. The van der Waals surface area contributed by atoms with Crippen LogP contribution in [0.5, 0.6) is 0 Å². The maximum absolute atomic E-state index is 13.0. The van der Waals surface area contributed by atoms with Crippen molar-refractivity contribution in [1.82, 2.24) is 4.98 Å². The molecule has 2 aromatic rings. The Balaban J connectivity index is 0.000000145. The lowest BCUT2D eigenvalue weighted by Crippen LogP contribution is -2.45. The highest BCUT2D eigenvalue weighted by molar-refractivity contribution is 5.80. The van der Waals surface area contributed by atoms with Crippen molar-refractivity contribution in [3.8, 4) is 11.1 Å². The second-order valence-electron chi connectivity index (χ2n) is 8.97. The summed E-state index contributed by atoms with van der Waals surface area (Å²) in [4.78, 5) is 16.1. The number of cyclic esters (lactones) is 1. The Kier molecular flexibility index (Phi) is 5.27. The minimum atomic E-state index is -0.305. The van der Waals surface area contributed by atoms with E-state index < -0.39 is 0 Å². The van der Waals surface area contributed by atoms with Gasteiger partial charge >= 0.3 is 5.97 Å². The monoisotopic (exact) mass is 409 g/mol. The molecule has 5 rings (SSSR count). The van der Waals surface area contributed by atoms with E-state index in [0.717, 1.165) is 29.7 Å². The molecule has 4 nitrogen and oxygen atoms in total. The van der Waals surface area contributed by atoms with Crippen LogP contribution in [0.2, 0.25) is 0 Å². The van der Waals surface area contributed by atoms with Gasteiger partial charge in [0.25, 0.3) is 0 Å². The van der Waals surface area contributed by atoms with Crippen LogP contribution in [0.3, 0.4) is 0 Å². The first-order valence-corrected chi connectivity index (χ1v) is 10.5. The average Bonchev–Trinajstić information content (AvgIpc) is 3.18. The molecule has 2 bridgehead atoms. The van der Waals surface area contributed by atoms with Crippen LogP contribution in [0.15, 0.2) is 49.2 Å². The first-order valence-electron chi connectivity index (χ1n) is 10.5. The highest BCUT2D eigenvalue weighted by Crippen LogP contribution is 2.60. The Morgan fingerprint density at radius 1 is 1.23 bits per heavy atom. The van der Waals surface area contributed by atoms with E-state index in [1.807, 2.05) is 25.1 Å². The number of halogens is 1. The number of fused-ring (bicyclic) bond motifs is 1. The third-order valence-electron chi connectivity index (χ3n) is 7.11. The number of carbonyl (C=O) groups is 1. The molecule has 5 unspecified atom stereocenters. The standard InChI is InChI=1S/C13H10FN.C12H18O3/c1-2-13-7-6-11(9-15-13)10-4-3-5-12(14)8-10;1-7-4-9-8(2)15-10(13)12(9)5-11(7,3)14-6-12/h2-9H,1H2;7-9H,4-6H2,1-3H3. The zero-order valence-electron chi connectivity index (χ0n) is 17.7. The van der Waals surface area contributed by atoms with Gasteiger partial charge in [0.15, 0.2) is 0 Å². The smallest absolute Gasteiger partial charge is 0.315 e. The second kappa shape index (κ2) is 7.62. The molecule has 1 spiro atoms. The van der Waals surface area contributed by atoms with Gasteiger partial charge in [-0.15, -0.1) is 0 Å². The number of hydrogen-bond acceptors (Lipinski definition) is 4. The van der Waals surface area contributed by atoms with Crippen LogP contribution in [0.1, 0.15) is 39.3 Å². The Labute approximate surface area is 177 Å². The number of hydrogen-bond donors (Lipinski definition) is 0. The third-order valence-corrected chi connectivity index (χ3v) is 7.11. The van der Waals surface area contributed by atoms with Crippen molar-refractivity contribution in [2.24, 2.45) is 17.3 Å². The molecule has 0 amide bonds. The summed E-state index contributed by atoms with van der Waals surface area (Å²) in [6.45, 7) is 10.6. The van der Waals surface area contributed by atoms with E-state index in [-0.39, 0.29) is 28.9 Å². The number of benzene rings is 1. The van der Waals surface area contributed by atoms with Crippen LogP contribution >= 0.6 is 0 Å². The van der Waals surface area contributed by atoms with Crippen LogP contribution in [-0.2, 0) is 14.3 Å². The van der Waals surface area contributed by atoms with E-state index in [1.54, 1.807) is 18.3 Å². The maximum Gasteiger partial charge on any atom is 0.315 e. The van der Waals surface area contributed by atoms with E-state index in [4.69, 9.17) is 9.47 Å². The fourth-order valence-corrected chi connectivity index (χ4v) is 5.09. The molecule has 1 aliphatic carbocycles. The topological polar surface area (TPSA) is 48.4 Å². The molecule has 3 fully saturated rings. The summed E-state index contributed by atoms with van der Waals surface area (Å²) in [7, 11) is 0. The van der Waals surface area contributed by atoms with Crippen molar-refractivity contribution >= 4 is 12.0 Å². The van der Waals surface area contributed by atoms with Crippen LogP contribution in [0.4, 0.5) is 4.39 Å². The lowest BCUT2D eigenvalue weighted by atomic mass is 9.60. The van der Waals surface area contributed by atoms with Gasteiger partial charge in [0.05, 0.1) is 17.9 Å². The number of rotatable bonds is 2. The van der Waals surface area contributed by atoms with Gasteiger partial charge in [-0.05, 0) is 62.4 Å². The van der Waals surface area contributed by atoms with Gasteiger partial charge in [0.2, 0.25) is 0 Å². The van der Waals surface area contributed by atoms with Gasteiger partial charge in [0.1, 0.15) is 17.3 Å². The van der Waals surface area contributed by atoms with Gasteiger partial charge < -0.3 is 9.47 Å². The van der Waals surface area contributed by atoms with E-state index in [2.05, 4.69) is 25.4 Å². The molecule has 30 heavy (non-hydrogen) atoms. The minimum absolute atomic E-state index is 0.0179. The number of ether oxygens (including phenoxy) is 2. The van der Waals surface area contributed by atoms with E-state index in [0.29, 0.717) is 18.4 Å². The van der Waals surface area contributed by atoms with Gasteiger partial charge in [-0.2, -0.15) is 0 Å². The van der Waals surface area contributed by atoms with Gasteiger partial charge in [-0.1, -0.05) is 31.7 Å². The number of esters is 1. The molecule has 1 aromatic carbocycles. The Bertz CT molecular complexity index is 959. The van der Waals surface area contributed by atoms with Crippen molar-refractivity contribution in [1.29, 1.82) is 0 Å². The fourth-order valence-electron chi connectivity index (χ4n) is 5.09. The first kappa shape index (κ1) is 20.7. The number of pyridine rings is 1. The van der Waals surface area contributed by atoms with E-state index >= 15 is 0 Å². The SMILES string of the molecule is C=Cc1ccc(-c2cccc(F)c2)cn1.CC1OC(=O)C23COC(C)(C2)C(C)CC13. The molecule has 3 heterocycles. The summed E-state index contributed by atoms with van der Waals surface area (Å²) in [5.41, 5.74) is 2.15. The first-order chi connectivity index (χ1) is 14.3. The van der Waals surface area contributed by atoms with Crippen molar-refractivity contribution in [2.45, 2.75) is 45.3 Å². The Morgan fingerprint density at radius 2 is 2.03 bits per heavy atom. The maximum atomic E-state index is 13.0. The normalized spacial score (nSPS) is 33.9. The van der Waals surface area contributed by atoms with Crippen molar-refractivity contribution in [2.75, 3.05) is 6.61 Å². The summed E-state index contributed by atoms with van der Waals surface area (Å²) >= 11 is 0. The van der Waals surface area contributed by atoms with E-state index in [9.17, 15) is 9.18 Å². The molecular formula is C25H28FNO3. The molecule has 158 valence electrons. The number of nitrogens with zero attached hydrogens (tertiary/aromatic N) is 1. The molecule has 3 aliphatic rings. The predicted octanol–water partition coefficient (Wildman–Crippen LogP) is 5.28. The predicted molar refractivity (Wildman–Crippen MR) is 114 cm³/mol. The van der Waals surface area contributed by atoms with Gasteiger partial charge in [-0.3, -0.25) is 9.78 Å². The highest BCUT2D eigenvalue weighted by atomic mass is 19.1. The van der Waals surface area contributed by atoms with Crippen molar-refractivity contribution in [3.05, 3.63) is 60.7 Å². The van der Waals surface area contributed by atoms with Crippen LogP contribution < -0.4 is 0 Å². The summed E-state index contributed by atoms with van der Waals surface area (Å²) in [5, 5.41) is 0. The average molecular weight is 410 g/mol. The number of carbonyl (C=O) groups excluding carboxylic acids is 1. The van der Waals surface area contributed by atoms with Gasteiger partial charge in [0, 0.05) is 17.7 Å². The molecule has 0 radical (unpaired) electrons. The molecule has 5 atom stereocenters. The lowest BCUT2D eigenvalue weighted by Gasteiger charge is -2.40. The molecule has 0 N–H and O–H groups in total. The third kappa shape index (κ3) is 3.45. The Morgan fingerprint density at radius 3 is 2.70 bits per heavy atom. The molecule has 1 aromatic heterocycles. The van der Waals surface area contributed by atoms with Crippen LogP contribution in [-0.4, -0.2) is 29.3 Å². The van der Waals surface area contributed by atoms with Crippen LogP contribution in [0.25, 0.3) is 17.2 Å². The lowest BCUT2D eigenvalue weighted by molar-refractivity contribution is -0.148. The summed E-state index contributed by atoms with van der Waals surface area (Å²) < 4.78 is 24.3. The quantitative estimate of drug-likeness (QED) is 0.633. The fraction of sp³-hybridized carbons (Fsp3) is 0.440. The summed E-state index contributed by atoms with van der Waals surface area (Å²) in [6, 6.07) is 10.2. The summed E-state index contributed by atoms with van der Waals surface area (Å²) in [6.07, 6.45) is 5.38. The molecule has 2 saturated heterocycles. The van der Waals surface area contributed by atoms with Crippen molar-refractivity contribution in [3.63, 3.8) is 0 Å². The molecule has 1 saturated carbocycles. The molecule has 5 heteroatoms. The highest BCUT2D eigenvalue weighted by Gasteiger charge is 2.67. The zero-order chi connectivity index (χ0) is 21.5. The number of aromatic nitrogens is 1. The van der Waals surface area contributed by atoms with Gasteiger partial charge in [-0.25, -0.2) is 4.39 Å². The molecular weight excluding hydrogens is 381 g/mol. The summed E-state index contributed by atoms with van der Waals surface area (Å²) in [5.74, 6) is 0.640. The molecule has 2 aliphatic heterocycles. The van der Waals surface area contributed by atoms with Crippen molar-refractivity contribution < 1.29 is 18.7 Å². The Hall–Kier alpha value is -2.53.